The highest BCUT2D eigenvalue weighted by molar-refractivity contribution is 6.13. The van der Waals surface area contributed by atoms with Crippen molar-refractivity contribution >= 4 is 29.1 Å². The summed E-state index contributed by atoms with van der Waals surface area (Å²) in [7, 11) is 0. The molecular formula is C24H29N3O3. The highest BCUT2D eigenvalue weighted by Crippen LogP contribution is 2.26. The van der Waals surface area contributed by atoms with Gasteiger partial charge in [0.1, 0.15) is 5.92 Å². The van der Waals surface area contributed by atoms with Gasteiger partial charge in [0.2, 0.25) is 17.7 Å². The van der Waals surface area contributed by atoms with E-state index in [4.69, 9.17) is 0 Å². The molecule has 6 heteroatoms. The van der Waals surface area contributed by atoms with Crippen LogP contribution in [0.5, 0.6) is 0 Å². The molecule has 3 rings (SSSR count). The Bertz CT molecular complexity index is 920. The number of anilines is 2. The lowest BCUT2D eigenvalue weighted by molar-refractivity contribution is -0.131. The third kappa shape index (κ3) is 4.87. The van der Waals surface area contributed by atoms with Crippen LogP contribution in [0.25, 0.3) is 0 Å². The number of rotatable bonds is 6. The normalized spacial score (nSPS) is 16.1. The van der Waals surface area contributed by atoms with Gasteiger partial charge in [0.15, 0.2) is 0 Å². The fraction of sp³-hybridized carbons (Fsp3) is 0.375. The van der Waals surface area contributed by atoms with E-state index in [0.717, 1.165) is 16.8 Å². The van der Waals surface area contributed by atoms with Crippen LogP contribution in [-0.2, 0) is 20.9 Å². The minimum atomic E-state index is -0.680. The van der Waals surface area contributed by atoms with E-state index in [0.29, 0.717) is 25.2 Å². The Hall–Kier alpha value is -3.15. The first kappa shape index (κ1) is 21.6. The Labute approximate surface area is 177 Å². The molecule has 1 heterocycles. The molecule has 0 radical (unpaired) electrons. The number of benzene rings is 2. The number of hydrogen-bond acceptors (Lipinski definition) is 3. The van der Waals surface area contributed by atoms with E-state index >= 15 is 0 Å². The van der Waals surface area contributed by atoms with Gasteiger partial charge in [0, 0.05) is 37.4 Å². The molecule has 1 N–H and O–H groups in total. The van der Waals surface area contributed by atoms with Gasteiger partial charge in [-0.25, -0.2) is 0 Å². The van der Waals surface area contributed by atoms with E-state index in [2.05, 4.69) is 5.32 Å². The molecule has 1 unspecified atom stereocenters. The number of amides is 3. The molecule has 0 bridgehead atoms. The highest BCUT2D eigenvalue weighted by atomic mass is 16.2. The van der Waals surface area contributed by atoms with E-state index in [1.54, 1.807) is 16.7 Å². The summed E-state index contributed by atoms with van der Waals surface area (Å²) >= 11 is 0. The van der Waals surface area contributed by atoms with Crippen molar-refractivity contribution in [1.82, 2.24) is 4.90 Å². The molecule has 1 fully saturated rings. The molecule has 0 saturated carbocycles. The van der Waals surface area contributed by atoms with Crippen LogP contribution >= 0.6 is 0 Å². The first-order chi connectivity index (χ1) is 14.3. The maximum absolute atomic E-state index is 12.8. The monoisotopic (exact) mass is 407 g/mol. The molecule has 1 atom stereocenters. The van der Waals surface area contributed by atoms with Gasteiger partial charge in [-0.05, 0) is 57.0 Å². The minimum absolute atomic E-state index is 0.0280. The van der Waals surface area contributed by atoms with Gasteiger partial charge in [-0.2, -0.15) is 0 Å². The zero-order valence-corrected chi connectivity index (χ0v) is 18.0. The second-order valence-electron chi connectivity index (χ2n) is 8.09. The summed E-state index contributed by atoms with van der Waals surface area (Å²) < 4.78 is 0. The molecule has 1 aliphatic heterocycles. The average Bonchev–Trinajstić information content (AvgIpc) is 3.09. The van der Waals surface area contributed by atoms with Gasteiger partial charge in [0.05, 0.1) is 0 Å². The second-order valence-corrected chi connectivity index (χ2v) is 8.09. The van der Waals surface area contributed by atoms with Crippen molar-refractivity contribution < 1.29 is 14.4 Å². The first-order valence-electron chi connectivity index (χ1n) is 10.3. The van der Waals surface area contributed by atoms with Crippen LogP contribution in [-0.4, -0.2) is 35.2 Å². The lowest BCUT2D eigenvalue weighted by Crippen LogP contribution is -2.34. The maximum Gasteiger partial charge on any atom is 0.239 e. The average molecular weight is 408 g/mol. The van der Waals surface area contributed by atoms with E-state index in [1.165, 1.54) is 0 Å². The minimum Gasteiger partial charge on any atom is -0.336 e. The number of carbonyl (C=O) groups excluding carboxylic acids is 3. The summed E-state index contributed by atoms with van der Waals surface area (Å²) in [6.45, 7) is 8.58. The Morgan fingerprint density at radius 1 is 1.10 bits per heavy atom. The van der Waals surface area contributed by atoms with E-state index in [1.807, 2.05) is 69.3 Å². The van der Waals surface area contributed by atoms with Crippen molar-refractivity contribution in [2.75, 3.05) is 16.8 Å². The zero-order valence-electron chi connectivity index (χ0n) is 18.0. The molecule has 30 heavy (non-hydrogen) atoms. The Kier molecular flexibility index (Phi) is 6.55. The van der Waals surface area contributed by atoms with Crippen molar-refractivity contribution in [2.24, 2.45) is 5.92 Å². The van der Waals surface area contributed by atoms with Gasteiger partial charge in [-0.1, -0.05) is 29.8 Å². The lowest BCUT2D eigenvalue weighted by Gasteiger charge is -2.25. The number of aryl methyl sites for hydroxylation is 1. The first-order valence-corrected chi connectivity index (χ1v) is 10.3. The van der Waals surface area contributed by atoms with Crippen LogP contribution in [0.3, 0.4) is 0 Å². The van der Waals surface area contributed by atoms with Crippen LogP contribution in [0.1, 0.15) is 38.3 Å². The summed E-state index contributed by atoms with van der Waals surface area (Å²) in [5.41, 5.74) is 3.58. The maximum atomic E-state index is 12.8. The van der Waals surface area contributed by atoms with Gasteiger partial charge in [0.25, 0.3) is 0 Å². The van der Waals surface area contributed by atoms with Gasteiger partial charge >= 0.3 is 0 Å². The smallest absolute Gasteiger partial charge is 0.239 e. The van der Waals surface area contributed by atoms with Crippen LogP contribution in [0.4, 0.5) is 11.4 Å². The van der Waals surface area contributed by atoms with Gasteiger partial charge in [-0.15, -0.1) is 0 Å². The van der Waals surface area contributed by atoms with Crippen LogP contribution in [0.15, 0.2) is 48.5 Å². The molecule has 6 nitrogen and oxygen atoms in total. The molecule has 2 aromatic carbocycles. The zero-order chi connectivity index (χ0) is 21.8. The van der Waals surface area contributed by atoms with Crippen molar-refractivity contribution in [3.8, 4) is 0 Å². The predicted molar refractivity (Wildman–Crippen MR) is 118 cm³/mol. The quantitative estimate of drug-likeness (QED) is 0.742. The Morgan fingerprint density at radius 2 is 1.73 bits per heavy atom. The SMILES string of the molecule is CC(=O)N(Cc1ccc(NC(=O)C2CCN(c3ccc(C)cc3)C2=O)cc1)C(C)C. The van der Waals surface area contributed by atoms with E-state index < -0.39 is 5.92 Å². The predicted octanol–water partition coefficient (Wildman–Crippen LogP) is 3.74. The molecule has 1 saturated heterocycles. The third-order valence-electron chi connectivity index (χ3n) is 5.47. The standard InChI is InChI=1S/C24H29N3O3/c1-16(2)27(18(4)28)15-19-7-9-20(10-8-19)25-23(29)22-13-14-26(24(22)30)21-11-5-17(3)6-12-21/h5-12,16,22H,13-15H2,1-4H3,(H,25,29). The second kappa shape index (κ2) is 9.11. The largest absolute Gasteiger partial charge is 0.336 e. The summed E-state index contributed by atoms with van der Waals surface area (Å²) in [5, 5.41) is 2.85. The fourth-order valence-electron chi connectivity index (χ4n) is 3.68. The number of nitrogens with zero attached hydrogens (tertiary/aromatic N) is 2. The number of nitrogens with one attached hydrogen (secondary N) is 1. The summed E-state index contributed by atoms with van der Waals surface area (Å²) in [4.78, 5) is 40.7. The number of hydrogen-bond donors (Lipinski definition) is 1. The molecule has 2 aromatic rings. The summed E-state index contributed by atoms with van der Waals surface area (Å²) in [6.07, 6.45) is 0.499. The van der Waals surface area contributed by atoms with E-state index in [-0.39, 0.29) is 23.8 Å². The lowest BCUT2D eigenvalue weighted by atomic mass is 10.1. The summed E-state index contributed by atoms with van der Waals surface area (Å²) in [5.74, 6) is -1.10. The molecular weight excluding hydrogens is 378 g/mol. The van der Waals surface area contributed by atoms with Gasteiger partial charge in [-0.3, -0.25) is 14.4 Å². The molecule has 0 aromatic heterocycles. The van der Waals surface area contributed by atoms with Crippen molar-refractivity contribution in [3.05, 3.63) is 59.7 Å². The highest BCUT2D eigenvalue weighted by Gasteiger charge is 2.37. The van der Waals surface area contributed by atoms with Crippen molar-refractivity contribution in [2.45, 2.75) is 46.7 Å². The van der Waals surface area contributed by atoms with Crippen molar-refractivity contribution in [3.63, 3.8) is 0 Å². The molecule has 0 aliphatic carbocycles. The molecule has 158 valence electrons. The van der Waals surface area contributed by atoms with Crippen LogP contribution < -0.4 is 10.2 Å². The molecule has 1 aliphatic rings. The van der Waals surface area contributed by atoms with Gasteiger partial charge < -0.3 is 15.1 Å². The summed E-state index contributed by atoms with van der Waals surface area (Å²) in [6, 6.07) is 15.3. The van der Waals surface area contributed by atoms with Crippen LogP contribution in [0, 0.1) is 12.8 Å². The van der Waals surface area contributed by atoms with Crippen LogP contribution in [0.2, 0.25) is 0 Å². The number of carbonyl (C=O) groups is 3. The fourth-order valence-corrected chi connectivity index (χ4v) is 3.68. The van der Waals surface area contributed by atoms with Crippen molar-refractivity contribution in [1.29, 1.82) is 0 Å². The Morgan fingerprint density at radius 3 is 2.30 bits per heavy atom. The molecule has 3 amide bonds. The van der Waals surface area contributed by atoms with E-state index in [9.17, 15) is 14.4 Å². The topological polar surface area (TPSA) is 69.7 Å². The third-order valence-corrected chi connectivity index (χ3v) is 5.47. The Balaban J connectivity index is 1.61. The molecule has 0 spiro atoms.